The summed E-state index contributed by atoms with van der Waals surface area (Å²) in [6.45, 7) is 11.0. The maximum Gasteiger partial charge on any atom is 0.264 e. The molecule has 37 heavy (non-hydrogen) atoms. The molecule has 11 heteroatoms. The maximum atomic E-state index is 13.5. The van der Waals surface area contributed by atoms with Gasteiger partial charge in [-0.3, -0.25) is 9.58 Å². The van der Waals surface area contributed by atoms with E-state index in [2.05, 4.69) is 46.3 Å². The molecular formula is C26H32FN7O2S. The first-order valence-electron chi connectivity index (χ1n) is 12.6. The Kier molecular flexibility index (Phi) is 6.86. The number of piperazine rings is 1. The van der Waals surface area contributed by atoms with E-state index in [1.165, 1.54) is 27.3 Å². The number of sulfonamides is 1. The van der Waals surface area contributed by atoms with E-state index in [0.29, 0.717) is 32.1 Å². The number of nitrogens with zero attached hydrogens (tertiary/aromatic N) is 7. The fraction of sp³-hybridized carbons (Fsp3) is 0.423. The molecule has 0 unspecified atom stereocenters. The minimum atomic E-state index is -3.77. The largest absolute Gasteiger partial charge is 0.293 e. The van der Waals surface area contributed by atoms with E-state index in [-0.39, 0.29) is 16.9 Å². The minimum Gasteiger partial charge on any atom is -0.293 e. The molecule has 1 atom stereocenters. The van der Waals surface area contributed by atoms with Crippen molar-refractivity contribution in [1.29, 1.82) is 0 Å². The average Bonchev–Trinajstić information content (AvgIpc) is 3.51. The number of halogens is 1. The summed E-state index contributed by atoms with van der Waals surface area (Å²) in [5, 5.41) is 13.3. The van der Waals surface area contributed by atoms with Gasteiger partial charge in [-0.2, -0.15) is 9.40 Å². The van der Waals surface area contributed by atoms with Gasteiger partial charge in [0.15, 0.2) is 0 Å². The zero-order valence-electron chi connectivity index (χ0n) is 21.5. The molecule has 4 aromatic rings. The number of hydrogen-bond donors (Lipinski definition) is 0. The summed E-state index contributed by atoms with van der Waals surface area (Å²) in [7, 11) is -3.77. The third-order valence-electron chi connectivity index (χ3n) is 6.89. The van der Waals surface area contributed by atoms with Crippen LogP contribution in [0, 0.1) is 18.7 Å². The summed E-state index contributed by atoms with van der Waals surface area (Å²) < 4.78 is 45.2. The van der Waals surface area contributed by atoms with Gasteiger partial charge in [0.05, 0.1) is 23.6 Å². The van der Waals surface area contributed by atoms with Crippen molar-refractivity contribution < 1.29 is 12.8 Å². The molecule has 2 aromatic heterocycles. The second-order valence-electron chi connectivity index (χ2n) is 9.98. The van der Waals surface area contributed by atoms with Crippen LogP contribution in [0.5, 0.6) is 0 Å². The highest BCUT2D eigenvalue weighted by molar-refractivity contribution is 7.89. The Labute approximate surface area is 216 Å². The highest BCUT2D eigenvalue weighted by atomic mass is 32.2. The maximum absolute atomic E-state index is 13.5. The smallest absolute Gasteiger partial charge is 0.264 e. The van der Waals surface area contributed by atoms with Gasteiger partial charge >= 0.3 is 0 Å². The molecule has 0 bridgehead atoms. The van der Waals surface area contributed by atoms with Crippen LogP contribution in [0.2, 0.25) is 0 Å². The lowest BCUT2D eigenvalue weighted by atomic mass is 9.96. The van der Waals surface area contributed by atoms with Gasteiger partial charge in [-0.15, -0.1) is 5.10 Å². The Morgan fingerprint density at radius 1 is 1.14 bits per heavy atom. The van der Waals surface area contributed by atoms with E-state index >= 15 is 0 Å². The molecule has 0 aliphatic carbocycles. The van der Waals surface area contributed by atoms with Crippen LogP contribution in [-0.2, 0) is 16.6 Å². The van der Waals surface area contributed by atoms with Crippen molar-refractivity contribution in [1.82, 2.24) is 34.0 Å². The van der Waals surface area contributed by atoms with E-state index in [1.54, 1.807) is 23.0 Å². The number of hydrogen-bond acceptors (Lipinski definition) is 6. The monoisotopic (exact) mass is 525 g/mol. The molecule has 0 saturated carbocycles. The quantitative estimate of drug-likeness (QED) is 0.365. The van der Waals surface area contributed by atoms with Gasteiger partial charge in [-0.25, -0.2) is 17.5 Å². The van der Waals surface area contributed by atoms with Crippen molar-refractivity contribution in [3.63, 3.8) is 0 Å². The molecule has 1 aliphatic rings. The van der Waals surface area contributed by atoms with Crippen LogP contribution in [0.4, 0.5) is 4.39 Å². The lowest BCUT2D eigenvalue weighted by molar-refractivity contribution is 0.105. The number of rotatable bonds is 7. The lowest BCUT2D eigenvalue weighted by Gasteiger charge is -2.42. The van der Waals surface area contributed by atoms with Crippen molar-refractivity contribution >= 4 is 20.9 Å². The standard InChI is InChI=1S/C26H32FN7O2S/c1-5-32-17-26(29-30-32)37(35,36)33-11-10-31(15-18(2)3)25(16-33)23-13-20-14-28-34(24(20)12-19(23)4)22-8-6-21(27)7-9-22/h6-9,12-14,17-18,25H,5,10-11,15-16H2,1-4H3/t25-/m0/s1. The van der Waals surface area contributed by atoms with E-state index in [9.17, 15) is 12.8 Å². The van der Waals surface area contributed by atoms with Crippen molar-refractivity contribution in [3.8, 4) is 5.69 Å². The Bertz CT molecular complexity index is 1510. The van der Waals surface area contributed by atoms with E-state index in [4.69, 9.17) is 0 Å². The molecule has 2 aromatic carbocycles. The molecule has 0 radical (unpaired) electrons. The Balaban J connectivity index is 1.52. The minimum absolute atomic E-state index is 0.0156. The fourth-order valence-corrected chi connectivity index (χ4v) is 6.34. The van der Waals surface area contributed by atoms with E-state index in [1.807, 2.05) is 13.8 Å². The zero-order valence-corrected chi connectivity index (χ0v) is 22.4. The van der Waals surface area contributed by atoms with Crippen LogP contribution >= 0.6 is 0 Å². The van der Waals surface area contributed by atoms with E-state index < -0.39 is 10.0 Å². The van der Waals surface area contributed by atoms with Gasteiger partial charge in [0.1, 0.15) is 5.82 Å². The van der Waals surface area contributed by atoms with Crippen molar-refractivity contribution in [2.75, 3.05) is 26.2 Å². The van der Waals surface area contributed by atoms with Crippen LogP contribution in [0.25, 0.3) is 16.6 Å². The first kappa shape index (κ1) is 25.5. The fourth-order valence-electron chi connectivity index (χ4n) is 5.03. The summed E-state index contributed by atoms with van der Waals surface area (Å²) >= 11 is 0. The van der Waals surface area contributed by atoms with Crippen LogP contribution < -0.4 is 0 Å². The molecule has 9 nitrogen and oxygen atoms in total. The second-order valence-corrected chi connectivity index (χ2v) is 11.9. The van der Waals surface area contributed by atoms with Crippen LogP contribution in [0.3, 0.4) is 0 Å². The third kappa shape index (κ3) is 4.90. The van der Waals surface area contributed by atoms with Crippen LogP contribution in [0.15, 0.2) is 53.8 Å². The predicted octanol–water partition coefficient (Wildman–Crippen LogP) is 3.79. The van der Waals surface area contributed by atoms with Gasteiger partial charge in [-0.1, -0.05) is 19.1 Å². The molecule has 1 fully saturated rings. The zero-order chi connectivity index (χ0) is 26.3. The summed E-state index contributed by atoms with van der Waals surface area (Å²) in [5.41, 5.74) is 3.81. The van der Waals surface area contributed by atoms with Gasteiger partial charge in [-0.05, 0) is 67.3 Å². The molecule has 5 rings (SSSR count). The summed E-state index contributed by atoms with van der Waals surface area (Å²) in [5.74, 6) is 0.137. The molecule has 1 saturated heterocycles. The lowest BCUT2D eigenvalue weighted by Crippen LogP contribution is -2.51. The summed E-state index contributed by atoms with van der Waals surface area (Å²) in [6.07, 6.45) is 3.29. The summed E-state index contributed by atoms with van der Waals surface area (Å²) in [6, 6.07) is 10.3. The normalized spacial score (nSPS) is 17.7. The highest BCUT2D eigenvalue weighted by Gasteiger charge is 2.37. The SMILES string of the molecule is CCn1cc(S(=O)(=O)N2CCN(CC(C)C)[C@H](c3cc4cnn(-c5ccc(F)cc5)c4cc3C)C2)nn1. The number of aromatic nitrogens is 5. The molecule has 0 spiro atoms. The average molecular weight is 526 g/mol. The number of benzene rings is 2. The van der Waals surface area contributed by atoms with Gasteiger partial charge < -0.3 is 0 Å². The molecule has 0 amide bonds. The Morgan fingerprint density at radius 3 is 2.57 bits per heavy atom. The topological polar surface area (TPSA) is 89.2 Å². The van der Waals surface area contributed by atoms with Crippen molar-refractivity contribution in [2.24, 2.45) is 5.92 Å². The number of aryl methyl sites for hydroxylation is 2. The van der Waals surface area contributed by atoms with E-state index in [0.717, 1.165) is 34.3 Å². The van der Waals surface area contributed by atoms with Gasteiger partial charge in [0.25, 0.3) is 10.0 Å². The Morgan fingerprint density at radius 2 is 1.89 bits per heavy atom. The Hall–Kier alpha value is -3.15. The second kappa shape index (κ2) is 9.96. The van der Waals surface area contributed by atoms with Gasteiger partial charge in [0.2, 0.25) is 5.03 Å². The predicted molar refractivity (Wildman–Crippen MR) is 139 cm³/mol. The highest BCUT2D eigenvalue weighted by Crippen LogP contribution is 2.34. The molecule has 196 valence electrons. The number of fused-ring (bicyclic) bond motifs is 1. The molecular weight excluding hydrogens is 493 g/mol. The van der Waals surface area contributed by atoms with Crippen LogP contribution in [0.1, 0.15) is 37.9 Å². The molecule has 1 aliphatic heterocycles. The van der Waals surface area contributed by atoms with Crippen LogP contribution in [-0.4, -0.2) is 68.6 Å². The summed E-state index contributed by atoms with van der Waals surface area (Å²) in [4.78, 5) is 2.37. The third-order valence-corrected chi connectivity index (χ3v) is 8.61. The first-order valence-corrected chi connectivity index (χ1v) is 14.0. The molecule has 3 heterocycles. The van der Waals surface area contributed by atoms with Crippen molar-refractivity contribution in [2.45, 2.75) is 45.3 Å². The first-order chi connectivity index (χ1) is 17.7. The van der Waals surface area contributed by atoms with Crippen molar-refractivity contribution in [3.05, 3.63) is 65.7 Å². The van der Waals surface area contributed by atoms with Gasteiger partial charge in [0, 0.05) is 44.2 Å². The molecule has 0 N–H and O–H groups in total.